The van der Waals surface area contributed by atoms with Crippen LogP contribution >= 0.6 is 31.9 Å². The number of rotatable bonds is 5. The van der Waals surface area contributed by atoms with Crippen LogP contribution in [0.15, 0.2) is 51.4 Å². The van der Waals surface area contributed by atoms with Gasteiger partial charge in [0.25, 0.3) is 5.91 Å². The summed E-state index contributed by atoms with van der Waals surface area (Å²) in [5, 5.41) is 11.4. The predicted octanol–water partition coefficient (Wildman–Crippen LogP) is 2.91. The minimum Gasteiger partial charge on any atom is -0.368 e. The van der Waals surface area contributed by atoms with Crippen LogP contribution in [0.2, 0.25) is 0 Å². The van der Waals surface area contributed by atoms with Crippen molar-refractivity contribution < 1.29 is 9.59 Å². The molecule has 2 rings (SSSR count). The van der Waals surface area contributed by atoms with E-state index in [-0.39, 0.29) is 6.42 Å². The zero-order valence-corrected chi connectivity index (χ0v) is 15.6. The molecule has 0 saturated heterocycles. The standard InChI is InChI=1S/C17H13Br2N3O2/c18-13-6-12(7-14(19)8-13)17(24)22-15(16(21)23)5-10-1-3-11(9-20)4-2-10/h1-4,6-8,15H,5H2,(H2,21,23)(H,22,24)/t15-/m0/s1. The Morgan fingerprint density at radius 3 is 2.21 bits per heavy atom. The smallest absolute Gasteiger partial charge is 0.252 e. The number of nitrogens with one attached hydrogen (secondary N) is 1. The fourth-order valence-electron chi connectivity index (χ4n) is 2.10. The van der Waals surface area contributed by atoms with E-state index in [1.54, 1.807) is 42.5 Å². The summed E-state index contributed by atoms with van der Waals surface area (Å²) in [5.41, 5.74) is 7.13. The van der Waals surface area contributed by atoms with Crippen molar-refractivity contribution in [2.24, 2.45) is 5.73 Å². The average molecular weight is 451 g/mol. The maximum atomic E-state index is 12.4. The highest BCUT2D eigenvalue weighted by molar-refractivity contribution is 9.11. The third-order valence-corrected chi connectivity index (χ3v) is 4.21. The fourth-order valence-corrected chi connectivity index (χ4v) is 3.39. The molecule has 0 aliphatic carbocycles. The lowest BCUT2D eigenvalue weighted by atomic mass is 10.0. The molecule has 5 nitrogen and oxygen atoms in total. The molecule has 0 aliphatic heterocycles. The Morgan fingerprint density at radius 1 is 1.12 bits per heavy atom. The molecule has 0 radical (unpaired) electrons. The number of hydrogen-bond donors (Lipinski definition) is 2. The maximum Gasteiger partial charge on any atom is 0.252 e. The SMILES string of the molecule is N#Cc1ccc(C[C@H](NC(=O)c2cc(Br)cc(Br)c2)C(N)=O)cc1. The van der Waals surface area contributed by atoms with Crippen LogP contribution in [0.5, 0.6) is 0 Å². The van der Waals surface area contributed by atoms with Gasteiger partial charge in [-0.05, 0) is 35.9 Å². The monoisotopic (exact) mass is 449 g/mol. The summed E-state index contributed by atoms with van der Waals surface area (Å²) in [4.78, 5) is 24.0. The molecule has 3 N–H and O–H groups in total. The Kier molecular flexibility index (Phi) is 6.12. The van der Waals surface area contributed by atoms with Crippen LogP contribution in [0.4, 0.5) is 0 Å². The lowest BCUT2D eigenvalue weighted by Gasteiger charge is -2.16. The van der Waals surface area contributed by atoms with Crippen molar-refractivity contribution in [2.45, 2.75) is 12.5 Å². The molecular formula is C17H13Br2N3O2. The van der Waals surface area contributed by atoms with Crippen molar-refractivity contribution in [3.63, 3.8) is 0 Å². The van der Waals surface area contributed by atoms with E-state index >= 15 is 0 Å². The van der Waals surface area contributed by atoms with Gasteiger partial charge in [-0.1, -0.05) is 44.0 Å². The molecule has 1 atom stereocenters. The van der Waals surface area contributed by atoms with Crippen LogP contribution in [0.25, 0.3) is 0 Å². The first-order valence-electron chi connectivity index (χ1n) is 6.94. The van der Waals surface area contributed by atoms with Gasteiger partial charge in [0, 0.05) is 20.9 Å². The summed E-state index contributed by atoms with van der Waals surface area (Å²) >= 11 is 6.63. The molecule has 0 spiro atoms. The van der Waals surface area contributed by atoms with E-state index in [9.17, 15) is 9.59 Å². The highest BCUT2D eigenvalue weighted by Gasteiger charge is 2.20. The number of benzene rings is 2. The molecule has 0 unspecified atom stereocenters. The first kappa shape index (κ1) is 18.2. The highest BCUT2D eigenvalue weighted by Crippen LogP contribution is 2.20. The van der Waals surface area contributed by atoms with Crippen molar-refractivity contribution in [3.8, 4) is 6.07 Å². The second-order valence-electron chi connectivity index (χ2n) is 5.10. The normalized spacial score (nSPS) is 11.4. The lowest BCUT2D eigenvalue weighted by Crippen LogP contribution is -2.45. The molecule has 24 heavy (non-hydrogen) atoms. The fraction of sp³-hybridized carbons (Fsp3) is 0.118. The molecular weight excluding hydrogens is 438 g/mol. The molecule has 2 amide bonds. The van der Waals surface area contributed by atoms with Crippen LogP contribution in [-0.2, 0) is 11.2 Å². The van der Waals surface area contributed by atoms with Crippen LogP contribution in [0.3, 0.4) is 0 Å². The molecule has 0 fully saturated rings. The summed E-state index contributed by atoms with van der Waals surface area (Å²) in [6, 6.07) is 13.1. The number of primary amides is 1. The summed E-state index contributed by atoms with van der Waals surface area (Å²) in [6.07, 6.45) is 0.252. The van der Waals surface area contributed by atoms with Gasteiger partial charge in [0.1, 0.15) is 6.04 Å². The summed E-state index contributed by atoms with van der Waals surface area (Å²) in [6.45, 7) is 0. The molecule has 2 aromatic rings. The Bertz CT molecular complexity index is 793. The Balaban J connectivity index is 2.14. The number of nitriles is 1. The lowest BCUT2D eigenvalue weighted by molar-refractivity contribution is -0.119. The van der Waals surface area contributed by atoms with Gasteiger partial charge in [-0.3, -0.25) is 9.59 Å². The molecule has 7 heteroatoms. The minimum absolute atomic E-state index is 0.252. The van der Waals surface area contributed by atoms with E-state index in [1.165, 1.54) is 0 Å². The largest absolute Gasteiger partial charge is 0.368 e. The van der Waals surface area contributed by atoms with Gasteiger partial charge in [-0.25, -0.2) is 0 Å². The Morgan fingerprint density at radius 2 is 1.71 bits per heavy atom. The first-order chi connectivity index (χ1) is 11.4. The number of hydrogen-bond acceptors (Lipinski definition) is 3. The van der Waals surface area contributed by atoms with Gasteiger partial charge in [-0.2, -0.15) is 5.26 Å². The number of halogens is 2. The van der Waals surface area contributed by atoms with Crippen molar-refractivity contribution in [3.05, 3.63) is 68.1 Å². The molecule has 0 aliphatic rings. The molecule has 0 aromatic heterocycles. The molecule has 0 heterocycles. The van der Waals surface area contributed by atoms with E-state index in [1.807, 2.05) is 6.07 Å². The van der Waals surface area contributed by atoms with E-state index in [4.69, 9.17) is 11.0 Å². The Hall–Kier alpha value is -2.17. The van der Waals surface area contributed by atoms with Crippen LogP contribution < -0.4 is 11.1 Å². The second kappa shape index (κ2) is 8.08. The van der Waals surface area contributed by atoms with Crippen LogP contribution in [0, 0.1) is 11.3 Å². The van der Waals surface area contributed by atoms with Crippen molar-refractivity contribution in [2.75, 3.05) is 0 Å². The zero-order chi connectivity index (χ0) is 17.7. The highest BCUT2D eigenvalue weighted by atomic mass is 79.9. The number of nitrogens with two attached hydrogens (primary N) is 1. The maximum absolute atomic E-state index is 12.4. The van der Waals surface area contributed by atoms with Gasteiger partial charge in [0.05, 0.1) is 11.6 Å². The molecule has 0 bridgehead atoms. The van der Waals surface area contributed by atoms with Gasteiger partial charge < -0.3 is 11.1 Å². The van der Waals surface area contributed by atoms with E-state index in [0.717, 1.165) is 14.5 Å². The van der Waals surface area contributed by atoms with Crippen LogP contribution in [0.1, 0.15) is 21.5 Å². The van der Waals surface area contributed by atoms with Gasteiger partial charge >= 0.3 is 0 Å². The van der Waals surface area contributed by atoms with Gasteiger partial charge in [0.15, 0.2) is 0 Å². The van der Waals surface area contributed by atoms with Crippen molar-refractivity contribution in [1.29, 1.82) is 5.26 Å². The topological polar surface area (TPSA) is 96.0 Å². The molecule has 0 saturated carbocycles. The summed E-state index contributed by atoms with van der Waals surface area (Å²) in [7, 11) is 0. The molecule has 2 aromatic carbocycles. The van der Waals surface area contributed by atoms with Crippen LogP contribution in [-0.4, -0.2) is 17.9 Å². The summed E-state index contributed by atoms with van der Waals surface area (Å²) in [5.74, 6) is -1.02. The predicted molar refractivity (Wildman–Crippen MR) is 97.2 cm³/mol. The number of carbonyl (C=O) groups is 2. The third-order valence-electron chi connectivity index (χ3n) is 3.30. The zero-order valence-electron chi connectivity index (χ0n) is 12.4. The van der Waals surface area contributed by atoms with E-state index in [0.29, 0.717) is 11.1 Å². The average Bonchev–Trinajstić information content (AvgIpc) is 2.53. The Labute approximate surface area is 156 Å². The second-order valence-corrected chi connectivity index (χ2v) is 6.93. The molecule has 122 valence electrons. The van der Waals surface area contributed by atoms with Gasteiger partial charge in [0.2, 0.25) is 5.91 Å². The summed E-state index contributed by atoms with van der Waals surface area (Å²) < 4.78 is 1.48. The minimum atomic E-state index is -0.844. The number of carbonyl (C=O) groups excluding carboxylic acids is 2. The van der Waals surface area contributed by atoms with Crippen molar-refractivity contribution in [1.82, 2.24) is 5.32 Å². The third kappa shape index (κ3) is 4.91. The van der Waals surface area contributed by atoms with Crippen molar-refractivity contribution >= 4 is 43.7 Å². The number of nitrogens with zero attached hydrogens (tertiary/aromatic N) is 1. The van der Waals surface area contributed by atoms with Gasteiger partial charge in [-0.15, -0.1) is 0 Å². The van der Waals surface area contributed by atoms with E-state index in [2.05, 4.69) is 37.2 Å². The number of amides is 2. The van der Waals surface area contributed by atoms with E-state index < -0.39 is 17.9 Å². The first-order valence-corrected chi connectivity index (χ1v) is 8.53. The quantitative estimate of drug-likeness (QED) is 0.732.